The van der Waals surface area contributed by atoms with Crippen LogP contribution in [0.2, 0.25) is 0 Å². The van der Waals surface area contributed by atoms with Crippen molar-refractivity contribution in [1.82, 2.24) is 10.2 Å². The van der Waals surface area contributed by atoms with Crippen molar-refractivity contribution in [3.63, 3.8) is 0 Å². The Balaban J connectivity index is 0.00000162. The summed E-state index contributed by atoms with van der Waals surface area (Å²) in [6.45, 7) is 9.53. The predicted octanol–water partition coefficient (Wildman–Crippen LogP) is 2.69. The number of benzene rings is 1. The third-order valence-electron chi connectivity index (χ3n) is 3.24. The second-order valence-corrected chi connectivity index (χ2v) is 4.49. The molecule has 0 saturated carbocycles. The van der Waals surface area contributed by atoms with Gasteiger partial charge < -0.3 is 5.32 Å². The minimum absolute atomic E-state index is 0. The van der Waals surface area contributed by atoms with Gasteiger partial charge in [0.05, 0.1) is 6.04 Å². The van der Waals surface area contributed by atoms with Crippen LogP contribution in [0.3, 0.4) is 0 Å². The first-order valence-corrected chi connectivity index (χ1v) is 6.06. The summed E-state index contributed by atoms with van der Waals surface area (Å²) in [5.41, 5.74) is 1.68. The molecule has 0 aromatic heterocycles. The lowest BCUT2D eigenvalue weighted by Crippen LogP contribution is -2.44. The number of hydrogen-bond acceptors (Lipinski definition) is 2. The van der Waals surface area contributed by atoms with Crippen LogP contribution in [-0.2, 0) is 0 Å². The highest BCUT2D eigenvalue weighted by Crippen LogP contribution is 2.25. The van der Waals surface area contributed by atoms with Crippen molar-refractivity contribution in [3.8, 4) is 0 Å². The minimum Gasteiger partial charge on any atom is -0.314 e. The SMILES string of the molecule is C=C[C@@H](c1ccc(C)cc1F)N1CCNCC1.Cl. The van der Waals surface area contributed by atoms with Crippen LogP contribution in [0, 0.1) is 12.7 Å². The van der Waals surface area contributed by atoms with E-state index in [4.69, 9.17) is 0 Å². The Kier molecular flexibility index (Phi) is 5.79. The molecule has 0 aliphatic carbocycles. The fraction of sp³-hybridized carbons (Fsp3) is 0.429. The van der Waals surface area contributed by atoms with E-state index in [-0.39, 0.29) is 24.3 Å². The smallest absolute Gasteiger partial charge is 0.128 e. The van der Waals surface area contributed by atoms with Crippen LogP contribution in [0.1, 0.15) is 17.2 Å². The van der Waals surface area contributed by atoms with Crippen molar-refractivity contribution in [3.05, 3.63) is 47.8 Å². The van der Waals surface area contributed by atoms with Crippen LogP contribution in [-0.4, -0.2) is 31.1 Å². The van der Waals surface area contributed by atoms with Crippen LogP contribution in [0.15, 0.2) is 30.9 Å². The molecule has 0 unspecified atom stereocenters. The molecule has 0 amide bonds. The molecule has 1 saturated heterocycles. The maximum Gasteiger partial charge on any atom is 0.128 e. The number of hydrogen-bond donors (Lipinski definition) is 1. The van der Waals surface area contributed by atoms with E-state index in [0.717, 1.165) is 37.3 Å². The molecule has 1 atom stereocenters. The van der Waals surface area contributed by atoms with Gasteiger partial charge in [0, 0.05) is 31.7 Å². The van der Waals surface area contributed by atoms with E-state index in [1.165, 1.54) is 0 Å². The van der Waals surface area contributed by atoms with E-state index in [1.54, 1.807) is 6.07 Å². The average Bonchev–Trinajstić information content (AvgIpc) is 2.34. The van der Waals surface area contributed by atoms with Gasteiger partial charge in [0.15, 0.2) is 0 Å². The van der Waals surface area contributed by atoms with Crippen molar-refractivity contribution in [2.75, 3.05) is 26.2 Å². The van der Waals surface area contributed by atoms with Crippen LogP contribution >= 0.6 is 12.4 Å². The quantitative estimate of drug-likeness (QED) is 0.850. The molecule has 2 rings (SSSR count). The largest absolute Gasteiger partial charge is 0.314 e. The first kappa shape index (κ1) is 15.2. The molecule has 1 aromatic rings. The normalized spacial score (nSPS) is 17.9. The third-order valence-corrected chi connectivity index (χ3v) is 3.24. The number of nitrogens with one attached hydrogen (secondary N) is 1. The Morgan fingerprint density at radius 2 is 2.06 bits per heavy atom. The predicted molar refractivity (Wildman–Crippen MR) is 75.8 cm³/mol. The van der Waals surface area contributed by atoms with Gasteiger partial charge in [-0.15, -0.1) is 19.0 Å². The fourth-order valence-corrected chi connectivity index (χ4v) is 2.31. The van der Waals surface area contributed by atoms with E-state index in [0.29, 0.717) is 0 Å². The lowest BCUT2D eigenvalue weighted by molar-refractivity contribution is 0.200. The lowest BCUT2D eigenvalue weighted by Gasteiger charge is -2.33. The first-order valence-electron chi connectivity index (χ1n) is 6.06. The van der Waals surface area contributed by atoms with E-state index in [1.807, 2.05) is 25.1 Å². The number of halogens is 2. The van der Waals surface area contributed by atoms with Crippen LogP contribution < -0.4 is 5.32 Å². The first-order chi connectivity index (χ1) is 8.22. The molecule has 18 heavy (non-hydrogen) atoms. The Bertz CT molecular complexity index is 403. The summed E-state index contributed by atoms with van der Waals surface area (Å²) < 4.78 is 14.0. The van der Waals surface area contributed by atoms with Crippen molar-refractivity contribution >= 4 is 12.4 Å². The molecule has 100 valence electrons. The molecule has 2 nitrogen and oxygen atoms in total. The molecule has 1 aliphatic heterocycles. The lowest BCUT2D eigenvalue weighted by atomic mass is 10.0. The van der Waals surface area contributed by atoms with E-state index in [2.05, 4.69) is 16.8 Å². The highest BCUT2D eigenvalue weighted by atomic mass is 35.5. The third kappa shape index (κ3) is 3.31. The minimum atomic E-state index is -0.131. The van der Waals surface area contributed by atoms with Crippen molar-refractivity contribution < 1.29 is 4.39 Å². The standard InChI is InChI=1S/C14H19FN2.ClH/c1-3-14(17-8-6-16-7-9-17)12-5-4-11(2)10-13(12)15;/h3-5,10,14,16H,1,6-9H2,2H3;1H/t14-;/m0./s1. The second kappa shape index (κ2) is 6.88. The topological polar surface area (TPSA) is 15.3 Å². The molecule has 1 aliphatic rings. The molecule has 1 N–H and O–H groups in total. The van der Waals surface area contributed by atoms with Crippen LogP contribution in [0.25, 0.3) is 0 Å². The maximum absolute atomic E-state index is 14.0. The van der Waals surface area contributed by atoms with Crippen molar-refractivity contribution in [2.24, 2.45) is 0 Å². The van der Waals surface area contributed by atoms with Crippen LogP contribution in [0.4, 0.5) is 4.39 Å². The fourth-order valence-electron chi connectivity index (χ4n) is 2.31. The van der Waals surface area contributed by atoms with Gasteiger partial charge in [-0.05, 0) is 18.6 Å². The van der Waals surface area contributed by atoms with E-state index >= 15 is 0 Å². The molecule has 1 heterocycles. The Labute approximate surface area is 114 Å². The number of aryl methyl sites for hydroxylation is 1. The Morgan fingerprint density at radius 1 is 1.39 bits per heavy atom. The van der Waals surface area contributed by atoms with E-state index in [9.17, 15) is 4.39 Å². The van der Waals surface area contributed by atoms with Gasteiger partial charge in [-0.2, -0.15) is 0 Å². The summed E-state index contributed by atoms with van der Waals surface area (Å²) in [7, 11) is 0. The molecular formula is C14H20ClFN2. The summed E-state index contributed by atoms with van der Waals surface area (Å²) in [5, 5.41) is 3.30. The average molecular weight is 271 g/mol. The number of nitrogens with zero attached hydrogens (tertiary/aromatic N) is 1. The van der Waals surface area contributed by atoms with Crippen LogP contribution in [0.5, 0.6) is 0 Å². The molecule has 0 spiro atoms. The Morgan fingerprint density at radius 3 is 2.61 bits per heavy atom. The zero-order valence-corrected chi connectivity index (χ0v) is 11.5. The highest BCUT2D eigenvalue weighted by molar-refractivity contribution is 5.85. The summed E-state index contributed by atoms with van der Waals surface area (Å²) in [4.78, 5) is 2.26. The molecule has 0 bridgehead atoms. The molecule has 0 radical (unpaired) electrons. The van der Waals surface area contributed by atoms with Gasteiger partial charge in [0.2, 0.25) is 0 Å². The summed E-state index contributed by atoms with van der Waals surface area (Å²) in [6.07, 6.45) is 1.83. The molecule has 1 aromatic carbocycles. The van der Waals surface area contributed by atoms with Gasteiger partial charge in [0.1, 0.15) is 5.82 Å². The van der Waals surface area contributed by atoms with Gasteiger partial charge >= 0.3 is 0 Å². The second-order valence-electron chi connectivity index (χ2n) is 4.49. The zero-order valence-electron chi connectivity index (χ0n) is 10.7. The van der Waals surface area contributed by atoms with Crippen molar-refractivity contribution in [1.29, 1.82) is 0 Å². The van der Waals surface area contributed by atoms with E-state index < -0.39 is 0 Å². The summed E-state index contributed by atoms with van der Waals surface area (Å²) >= 11 is 0. The maximum atomic E-state index is 14.0. The number of piperazine rings is 1. The molecule has 4 heteroatoms. The van der Waals surface area contributed by atoms with Gasteiger partial charge in [-0.1, -0.05) is 18.2 Å². The van der Waals surface area contributed by atoms with Gasteiger partial charge in [-0.25, -0.2) is 4.39 Å². The number of rotatable bonds is 3. The molecule has 1 fully saturated rings. The Hall–Kier alpha value is -0.900. The monoisotopic (exact) mass is 270 g/mol. The highest BCUT2D eigenvalue weighted by Gasteiger charge is 2.21. The van der Waals surface area contributed by atoms with Gasteiger partial charge in [-0.3, -0.25) is 4.90 Å². The molecular weight excluding hydrogens is 251 g/mol. The zero-order chi connectivity index (χ0) is 12.3. The summed E-state index contributed by atoms with van der Waals surface area (Å²) in [6, 6.07) is 5.40. The van der Waals surface area contributed by atoms with Gasteiger partial charge in [0.25, 0.3) is 0 Å². The summed E-state index contributed by atoms with van der Waals surface area (Å²) in [5.74, 6) is -0.131. The van der Waals surface area contributed by atoms with Crippen molar-refractivity contribution in [2.45, 2.75) is 13.0 Å².